The van der Waals surface area contributed by atoms with Gasteiger partial charge in [-0.15, -0.1) is 0 Å². The van der Waals surface area contributed by atoms with Crippen LogP contribution in [0.4, 0.5) is 5.82 Å². The molecule has 20 heavy (non-hydrogen) atoms. The molecule has 1 aromatic heterocycles. The van der Waals surface area contributed by atoms with Crippen LogP contribution in [0.15, 0.2) is 12.5 Å². The van der Waals surface area contributed by atoms with Crippen molar-refractivity contribution in [2.75, 3.05) is 13.2 Å². The molecule has 1 aliphatic carbocycles. The molecular weight excluding hydrogens is 264 g/mol. The third kappa shape index (κ3) is 3.77. The summed E-state index contributed by atoms with van der Waals surface area (Å²) in [5, 5.41) is 22.2. The number of amides is 1. The van der Waals surface area contributed by atoms with Crippen LogP contribution in [0, 0.1) is 15.5 Å². The van der Waals surface area contributed by atoms with Gasteiger partial charge in [-0.3, -0.25) is 4.79 Å². The number of aromatic nitrogens is 2. The van der Waals surface area contributed by atoms with Crippen LogP contribution in [0.5, 0.6) is 0 Å². The van der Waals surface area contributed by atoms with Gasteiger partial charge in [0.05, 0.1) is 0 Å². The highest BCUT2D eigenvalue weighted by Gasteiger charge is 2.41. The van der Waals surface area contributed by atoms with Gasteiger partial charge in [0.2, 0.25) is 12.2 Å². The first-order valence-corrected chi connectivity index (χ1v) is 6.58. The number of aliphatic hydroxyl groups is 1. The Morgan fingerprint density at radius 3 is 2.90 bits per heavy atom. The Kier molecular flexibility index (Phi) is 4.33. The van der Waals surface area contributed by atoms with Crippen molar-refractivity contribution in [2.24, 2.45) is 5.41 Å². The number of imidazole rings is 1. The minimum Gasteiger partial charge on any atom is -0.396 e. The van der Waals surface area contributed by atoms with E-state index in [2.05, 4.69) is 10.3 Å². The van der Waals surface area contributed by atoms with Crippen molar-refractivity contribution in [2.45, 2.75) is 32.2 Å². The fourth-order valence-electron chi connectivity index (χ4n) is 2.10. The van der Waals surface area contributed by atoms with E-state index >= 15 is 0 Å². The first-order chi connectivity index (χ1) is 9.54. The van der Waals surface area contributed by atoms with Crippen molar-refractivity contribution in [3.63, 3.8) is 0 Å². The Morgan fingerprint density at radius 2 is 2.35 bits per heavy atom. The van der Waals surface area contributed by atoms with Gasteiger partial charge < -0.3 is 25.1 Å². The molecule has 1 amide bonds. The number of carbonyl (C=O) groups is 1. The van der Waals surface area contributed by atoms with Crippen LogP contribution >= 0.6 is 0 Å². The van der Waals surface area contributed by atoms with Gasteiger partial charge in [-0.05, 0) is 34.6 Å². The number of hydrogen-bond acceptors (Lipinski definition) is 5. The number of aryl methyl sites for hydroxylation is 1. The van der Waals surface area contributed by atoms with Crippen molar-refractivity contribution in [3.8, 4) is 0 Å². The van der Waals surface area contributed by atoms with Crippen LogP contribution in [-0.2, 0) is 11.3 Å². The number of nitro groups is 1. The maximum Gasteiger partial charge on any atom is 0.381 e. The summed E-state index contributed by atoms with van der Waals surface area (Å²) < 4.78 is 1.53. The van der Waals surface area contributed by atoms with Gasteiger partial charge in [-0.2, -0.15) is 0 Å². The summed E-state index contributed by atoms with van der Waals surface area (Å²) in [5.41, 5.74) is 0.0954. The molecule has 0 bridgehead atoms. The highest BCUT2D eigenvalue weighted by molar-refractivity contribution is 5.75. The van der Waals surface area contributed by atoms with E-state index < -0.39 is 4.92 Å². The molecule has 8 heteroatoms. The molecule has 110 valence electrons. The molecule has 0 saturated heterocycles. The number of nitrogens with one attached hydrogen (secondary N) is 1. The van der Waals surface area contributed by atoms with E-state index in [0.29, 0.717) is 13.1 Å². The van der Waals surface area contributed by atoms with Crippen molar-refractivity contribution < 1.29 is 14.8 Å². The lowest BCUT2D eigenvalue weighted by molar-refractivity contribution is -0.389. The quantitative estimate of drug-likeness (QED) is 0.531. The fraction of sp³-hybridized carbons (Fsp3) is 0.667. The summed E-state index contributed by atoms with van der Waals surface area (Å²) in [5.74, 6) is -0.309. The molecule has 1 aromatic rings. The van der Waals surface area contributed by atoms with E-state index in [1.807, 2.05) is 0 Å². The predicted molar refractivity (Wildman–Crippen MR) is 69.9 cm³/mol. The highest BCUT2D eigenvalue weighted by atomic mass is 16.6. The van der Waals surface area contributed by atoms with Gasteiger partial charge in [0, 0.05) is 26.1 Å². The number of hydrogen-bond donors (Lipinski definition) is 2. The Hall–Kier alpha value is -1.96. The average molecular weight is 282 g/mol. The van der Waals surface area contributed by atoms with Crippen molar-refractivity contribution in [1.82, 2.24) is 14.9 Å². The summed E-state index contributed by atoms with van der Waals surface area (Å²) in [7, 11) is 0. The Balaban J connectivity index is 1.71. The lowest BCUT2D eigenvalue weighted by Gasteiger charge is -2.14. The molecule has 0 aliphatic heterocycles. The molecule has 1 fully saturated rings. The molecule has 0 unspecified atom stereocenters. The zero-order valence-corrected chi connectivity index (χ0v) is 11.1. The van der Waals surface area contributed by atoms with Crippen LogP contribution in [0.3, 0.4) is 0 Å². The van der Waals surface area contributed by atoms with Crippen molar-refractivity contribution >= 4 is 11.7 Å². The van der Waals surface area contributed by atoms with Crippen LogP contribution in [-0.4, -0.2) is 38.6 Å². The van der Waals surface area contributed by atoms with E-state index in [4.69, 9.17) is 5.11 Å². The average Bonchev–Trinajstić information content (AvgIpc) is 3.01. The van der Waals surface area contributed by atoms with Crippen LogP contribution in [0.25, 0.3) is 0 Å². The lowest BCUT2D eigenvalue weighted by atomic mass is 10.0. The van der Waals surface area contributed by atoms with Crippen LogP contribution in [0.2, 0.25) is 0 Å². The smallest absolute Gasteiger partial charge is 0.381 e. The molecule has 0 radical (unpaired) electrons. The zero-order chi connectivity index (χ0) is 14.6. The predicted octanol–water partition coefficient (Wildman–Crippen LogP) is 0.460. The maximum atomic E-state index is 11.7. The standard InChI is InChI=1S/C12H18N4O4/c17-6-4-12(2-3-12)8-13-11(18)1-5-15-7-10(14-9-15)16(19)20/h7,9,17H,1-6,8H2,(H,13,18). The normalized spacial score (nSPS) is 15.8. The number of nitrogens with zero attached hydrogens (tertiary/aromatic N) is 3. The summed E-state index contributed by atoms with van der Waals surface area (Å²) in [6.45, 7) is 1.10. The van der Waals surface area contributed by atoms with Gasteiger partial charge in [-0.25, -0.2) is 0 Å². The molecule has 1 saturated carbocycles. The second-order valence-electron chi connectivity index (χ2n) is 5.23. The maximum absolute atomic E-state index is 11.7. The molecule has 2 N–H and O–H groups in total. The van der Waals surface area contributed by atoms with Crippen LogP contribution < -0.4 is 5.32 Å². The Morgan fingerprint density at radius 1 is 1.60 bits per heavy atom. The SMILES string of the molecule is O=C(CCn1cnc([N+](=O)[O-])c1)NCC1(CCO)CC1. The summed E-state index contributed by atoms with van der Waals surface area (Å²) in [4.78, 5) is 25.2. The highest BCUT2D eigenvalue weighted by Crippen LogP contribution is 2.47. The largest absolute Gasteiger partial charge is 0.396 e. The second-order valence-corrected chi connectivity index (χ2v) is 5.23. The number of carbonyl (C=O) groups excluding carboxylic acids is 1. The number of aliphatic hydroxyl groups excluding tert-OH is 1. The van der Waals surface area contributed by atoms with Gasteiger partial charge in [0.15, 0.2) is 0 Å². The minimum atomic E-state index is -0.567. The zero-order valence-electron chi connectivity index (χ0n) is 11.1. The van der Waals surface area contributed by atoms with Gasteiger partial charge in [0.1, 0.15) is 6.20 Å². The van der Waals surface area contributed by atoms with Gasteiger partial charge >= 0.3 is 5.82 Å². The fourth-order valence-corrected chi connectivity index (χ4v) is 2.10. The topological polar surface area (TPSA) is 110 Å². The third-order valence-electron chi connectivity index (χ3n) is 3.66. The molecular formula is C12H18N4O4. The van der Waals surface area contributed by atoms with Crippen molar-refractivity contribution in [3.05, 3.63) is 22.6 Å². The van der Waals surface area contributed by atoms with E-state index in [1.54, 1.807) is 0 Å². The minimum absolute atomic E-state index is 0.0921. The van der Waals surface area contributed by atoms with Gasteiger partial charge in [0.25, 0.3) is 0 Å². The second kappa shape index (κ2) is 6.00. The monoisotopic (exact) mass is 282 g/mol. The number of rotatable bonds is 8. The lowest BCUT2D eigenvalue weighted by Crippen LogP contribution is -2.31. The van der Waals surface area contributed by atoms with Crippen molar-refractivity contribution in [1.29, 1.82) is 0 Å². The third-order valence-corrected chi connectivity index (χ3v) is 3.66. The first kappa shape index (κ1) is 14.4. The Bertz CT molecular complexity index is 495. The molecule has 2 rings (SSSR count). The summed E-state index contributed by atoms with van der Waals surface area (Å²) in [6.07, 6.45) is 5.72. The molecule has 1 aliphatic rings. The van der Waals surface area contributed by atoms with E-state index in [1.165, 1.54) is 17.1 Å². The van der Waals surface area contributed by atoms with Gasteiger partial charge in [-0.1, -0.05) is 0 Å². The Labute approximate surface area is 116 Å². The van der Waals surface area contributed by atoms with E-state index in [-0.39, 0.29) is 30.2 Å². The molecule has 0 aromatic carbocycles. The van der Waals surface area contributed by atoms with E-state index in [0.717, 1.165) is 19.3 Å². The molecule has 0 spiro atoms. The van der Waals surface area contributed by atoms with E-state index in [9.17, 15) is 14.9 Å². The molecule has 8 nitrogen and oxygen atoms in total. The molecule has 1 heterocycles. The molecule has 0 atom stereocenters. The summed E-state index contributed by atoms with van der Waals surface area (Å²) >= 11 is 0. The first-order valence-electron chi connectivity index (χ1n) is 6.58. The summed E-state index contributed by atoms with van der Waals surface area (Å²) in [6, 6.07) is 0. The van der Waals surface area contributed by atoms with Crippen LogP contribution in [0.1, 0.15) is 25.7 Å².